The molecular formula is C22H19Cl3FNO6. The predicted molar refractivity (Wildman–Crippen MR) is 120 cm³/mol. The number of carbonyl (C=O) groups excluding carboxylic acids is 2. The fourth-order valence-corrected chi connectivity index (χ4v) is 3.20. The molecule has 33 heavy (non-hydrogen) atoms. The van der Waals surface area contributed by atoms with Gasteiger partial charge < -0.3 is 18.9 Å². The molecule has 0 radical (unpaired) electrons. The van der Waals surface area contributed by atoms with Gasteiger partial charge in [-0.1, -0.05) is 71.2 Å². The first-order valence-electron chi connectivity index (χ1n) is 9.65. The van der Waals surface area contributed by atoms with E-state index in [2.05, 4.69) is 0 Å². The van der Waals surface area contributed by atoms with Gasteiger partial charge in [-0.2, -0.15) is 0 Å². The second-order valence-electron chi connectivity index (χ2n) is 7.26. The normalized spacial score (nSPS) is 24.7. The van der Waals surface area contributed by atoms with Gasteiger partial charge >= 0.3 is 11.9 Å². The Hall–Kier alpha value is -2.39. The van der Waals surface area contributed by atoms with Gasteiger partial charge in [0.25, 0.3) is 3.79 Å². The highest BCUT2D eigenvalue weighted by Crippen LogP contribution is 2.40. The zero-order valence-electron chi connectivity index (χ0n) is 17.2. The number of hydrogen-bond donors (Lipinski definition) is 1. The van der Waals surface area contributed by atoms with Crippen molar-refractivity contribution in [2.45, 2.75) is 34.9 Å². The maximum absolute atomic E-state index is 15.8. The summed E-state index contributed by atoms with van der Waals surface area (Å²) in [6, 6.07) is 16.0. The van der Waals surface area contributed by atoms with Crippen molar-refractivity contribution in [2.24, 2.45) is 0 Å². The largest absolute Gasteiger partial charge is 0.459 e. The molecule has 0 bridgehead atoms. The van der Waals surface area contributed by atoms with E-state index in [0.29, 0.717) is 0 Å². The van der Waals surface area contributed by atoms with E-state index in [0.717, 1.165) is 6.92 Å². The van der Waals surface area contributed by atoms with Crippen LogP contribution in [-0.4, -0.2) is 52.4 Å². The van der Waals surface area contributed by atoms with Gasteiger partial charge in [0.15, 0.2) is 6.10 Å². The molecule has 1 fully saturated rings. The molecule has 0 saturated carbocycles. The van der Waals surface area contributed by atoms with E-state index < -0.39 is 52.4 Å². The van der Waals surface area contributed by atoms with E-state index in [1.165, 1.54) is 24.3 Å². The van der Waals surface area contributed by atoms with Crippen molar-refractivity contribution in [1.82, 2.24) is 0 Å². The summed E-state index contributed by atoms with van der Waals surface area (Å²) in [5, 5.41) is 7.71. The molecule has 0 aliphatic carbocycles. The van der Waals surface area contributed by atoms with Crippen LogP contribution in [0.15, 0.2) is 60.7 Å². The first kappa shape index (κ1) is 25.2. The smallest absolute Gasteiger partial charge is 0.338 e. The van der Waals surface area contributed by atoms with Gasteiger partial charge in [0, 0.05) is 0 Å². The van der Waals surface area contributed by atoms with Crippen LogP contribution >= 0.6 is 34.8 Å². The molecule has 0 aromatic heterocycles. The molecule has 4 atom stereocenters. The summed E-state index contributed by atoms with van der Waals surface area (Å²) < 4.78 is 34.7. The predicted octanol–water partition coefficient (Wildman–Crippen LogP) is 4.89. The average molecular weight is 519 g/mol. The van der Waals surface area contributed by atoms with E-state index in [1.807, 2.05) is 0 Å². The number of halogens is 4. The van der Waals surface area contributed by atoms with Crippen molar-refractivity contribution in [1.29, 1.82) is 5.41 Å². The van der Waals surface area contributed by atoms with Gasteiger partial charge in [-0.25, -0.2) is 14.0 Å². The van der Waals surface area contributed by atoms with Gasteiger partial charge in [-0.15, -0.1) is 0 Å². The summed E-state index contributed by atoms with van der Waals surface area (Å²) in [5.74, 6) is -2.41. The minimum absolute atomic E-state index is 0.173. The van der Waals surface area contributed by atoms with Crippen molar-refractivity contribution in [3.8, 4) is 0 Å². The number of nitrogens with one attached hydrogen (secondary N) is 1. The Morgan fingerprint density at radius 1 is 1.00 bits per heavy atom. The Morgan fingerprint density at radius 2 is 1.52 bits per heavy atom. The van der Waals surface area contributed by atoms with Crippen LogP contribution in [0.2, 0.25) is 0 Å². The lowest BCUT2D eigenvalue weighted by Crippen LogP contribution is -2.47. The van der Waals surface area contributed by atoms with Gasteiger partial charge in [0.1, 0.15) is 12.7 Å². The maximum atomic E-state index is 15.8. The lowest BCUT2D eigenvalue weighted by molar-refractivity contribution is -0.135. The summed E-state index contributed by atoms with van der Waals surface area (Å²) in [6.45, 7) is 0.576. The van der Waals surface area contributed by atoms with Crippen LogP contribution in [0.25, 0.3) is 0 Å². The van der Waals surface area contributed by atoms with Crippen molar-refractivity contribution in [2.75, 3.05) is 6.61 Å². The molecule has 3 rings (SSSR count). The lowest BCUT2D eigenvalue weighted by atomic mass is 9.99. The Balaban J connectivity index is 1.79. The molecule has 0 amide bonds. The SMILES string of the molecule is C[C@]1(F)C(OC(=N)C(Cl)(Cl)Cl)O[C@H](COC(=O)c2ccccc2)[C@H]1OC(=O)c1ccccc1. The number of rotatable bonds is 6. The zero-order chi connectivity index (χ0) is 24.2. The number of esters is 2. The number of carbonyl (C=O) groups is 2. The van der Waals surface area contributed by atoms with Crippen LogP contribution in [0.3, 0.4) is 0 Å². The third-order valence-electron chi connectivity index (χ3n) is 4.77. The maximum Gasteiger partial charge on any atom is 0.338 e. The zero-order valence-corrected chi connectivity index (χ0v) is 19.4. The van der Waals surface area contributed by atoms with Crippen LogP contribution in [0.5, 0.6) is 0 Å². The van der Waals surface area contributed by atoms with Crippen molar-refractivity contribution in [3.05, 3.63) is 71.8 Å². The standard InChI is InChI=1S/C22H19Cl3FNO6/c1-21(26)16(32-18(29)14-10-6-3-7-11-14)15(31-20(21)33-19(27)22(23,24)25)12-30-17(28)13-8-4-2-5-9-13/h2-11,15-16,20,27H,12H2,1H3/t15-,16-,20?,21-/m1/s1. The Labute approximate surface area is 204 Å². The number of benzene rings is 2. The highest BCUT2D eigenvalue weighted by molar-refractivity contribution is 6.76. The summed E-state index contributed by atoms with van der Waals surface area (Å²) >= 11 is 16.8. The molecule has 1 unspecified atom stereocenters. The summed E-state index contributed by atoms with van der Waals surface area (Å²) in [7, 11) is 0. The molecule has 1 N–H and O–H groups in total. The molecule has 1 aliphatic heterocycles. The van der Waals surface area contributed by atoms with Crippen molar-refractivity contribution < 1.29 is 32.9 Å². The number of hydrogen-bond acceptors (Lipinski definition) is 7. The van der Waals surface area contributed by atoms with Crippen molar-refractivity contribution >= 4 is 52.6 Å². The molecule has 1 saturated heterocycles. The average Bonchev–Trinajstić information content (AvgIpc) is 3.01. The van der Waals surface area contributed by atoms with Gasteiger partial charge in [-0.05, 0) is 31.2 Å². The highest BCUT2D eigenvalue weighted by atomic mass is 35.6. The Kier molecular flexibility index (Phi) is 7.84. The molecule has 0 spiro atoms. The topological polar surface area (TPSA) is 94.9 Å². The second kappa shape index (κ2) is 10.3. The molecule has 11 heteroatoms. The van der Waals surface area contributed by atoms with Crippen LogP contribution < -0.4 is 0 Å². The van der Waals surface area contributed by atoms with E-state index in [1.54, 1.807) is 36.4 Å². The molecule has 176 valence electrons. The third-order valence-corrected chi connectivity index (χ3v) is 5.28. The van der Waals surface area contributed by atoms with E-state index in [4.69, 9.17) is 59.2 Å². The molecule has 1 heterocycles. The number of alkyl halides is 4. The fourth-order valence-electron chi connectivity index (χ4n) is 3.07. The Bertz CT molecular complexity index is 1000. The first-order chi connectivity index (χ1) is 15.5. The van der Waals surface area contributed by atoms with Gasteiger partial charge in [-0.3, -0.25) is 5.41 Å². The Morgan fingerprint density at radius 3 is 2.03 bits per heavy atom. The molecule has 2 aromatic rings. The first-order valence-corrected chi connectivity index (χ1v) is 10.8. The highest BCUT2D eigenvalue weighted by Gasteiger charge is 2.60. The van der Waals surface area contributed by atoms with Gasteiger partial charge in [0.2, 0.25) is 17.9 Å². The molecular weight excluding hydrogens is 500 g/mol. The van der Waals surface area contributed by atoms with Gasteiger partial charge in [0.05, 0.1) is 11.1 Å². The van der Waals surface area contributed by atoms with Crippen LogP contribution in [-0.2, 0) is 18.9 Å². The van der Waals surface area contributed by atoms with E-state index in [-0.39, 0.29) is 11.1 Å². The molecule has 7 nitrogen and oxygen atoms in total. The summed E-state index contributed by atoms with van der Waals surface area (Å²) in [5.41, 5.74) is -2.05. The van der Waals surface area contributed by atoms with Crippen molar-refractivity contribution in [3.63, 3.8) is 0 Å². The van der Waals surface area contributed by atoms with E-state index >= 15 is 4.39 Å². The monoisotopic (exact) mass is 517 g/mol. The summed E-state index contributed by atoms with van der Waals surface area (Å²) in [6.07, 6.45) is -4.62. The quantitative estimate of drug-likeness (QED) is 0.253. The minimum Gasteiger partial charge on any atom is -0.459 e. The lowest BCUT2D eigenvalue weighted by Gasteiger charge is -2.28. The van der Waals surface area contributed by atoms with Crippen LogP contribution in [0.1, 0.15) is 27.6 Å². The number of ether oxygens (including phenoxy) is 4. The van der Waals surface area contributed by atoms with Crippen LogP contribution in [0.4, 0.5) is 4.39 Å². The second-order valence-corrected chi connectivity index (χ2v) is 9.54. The van der Waals surface area contributed by atoms with E-state index in [9.17, 15) is 9.59 Å². The minimum atomic E-state index is -2.49. The third kappa shape index (κ3) is 6.14. The molecule has 2 aromatic carbocycles. The van der Waals surface area contributed by atoms with Crippen LogP contribution in [0, 0.1) is 5.41 Å². The fraction of sp³-hybridized carbons (Fsp3) is 0.318. The molecule has 1 aliphatic rings. The summed E-state index contributed by atoms with van der Waals surface area (Å²) in [4.78, 5) is 24.9.